The van der Waals surface area contributed by atoms with Crippen LogP contribution in [0, 0.1) is 0 Å². The smallest absolute Gasteiger partial charge is 0.317 e. The Morgan fingerprint density at radius 1 is 1.50 bits per heavy atom. The van der Waals surface area contributed by atoms with Crippen LogP contribution in [0.4, 0.5) is 10.5 Å². The Morgan fingerprint density at radius 3 is 3.00 bits per heavy atom. The molecule has 96 valence electrons. The fraction of sp³-hybridized carbons (Fsp3) is 0.333. The van der Waals surface area contributed by atoms with E-state index in [1.54, 1.807) is 23.1 Å². The number of nitrogens with two attached hydrogens (primary N) is 1. The number of rotatable bonds is 5. The molecule has 0 bridgehead atoms. The molecule has 0 aromatic heterocycles. The van der Waals surface area contributed by atoms with Crippen LogP contribution in [0.15, 0.2) is 24.3 Å². The molecule has 4 N–H and O–H groups in total. The number of nitrogens with zero attached hydrogens (tertiary/aromatic N) is 1. The summed E-state index contributed by atoms with van der Waals surface area (Å²) >= 11 is 0. The van der Waals surface area contributed by atoms with E-state index in [1.807, 2.05) is 6.07 Å². The van der Waals surface area contributed by atoms with Crippen LogP contribution in [0.25, 0.3) is 0 Å². The Morgan fingerprint density at radius 2 is 2.33 bits per heavy atom. The maximum atomic E-state index is 11.3. The largest absolute Gasteiger partial charge is 0.383 e. The first-order valence-corrected chi connectivity index (χ1v) is 5.83. The molecule has 2 rings (SSSR count). The molecule has 0 spiro atoms. The second kappa shape index (κ2) is 5.39. The van der Waals surface area contributed by atoms with Crippen molar-refractivity contribution < 1.29 is 9.59 Å². The highest BCUT2D eigenvalue weighted by atomic mass is 16.2. The minimum absolute atomic E-state index is 0.0253. The van der Waals surface area contributed by atoms with E-state index in [-0.39, 0.29) is 6.03 Å². The molecule has 0 radical (unpaired) electrons. The third kappa shape index (κ3) is 2.91. The van der Waals surface area contributed by atoms with Crippen molar-refractivity contribution in [2.24, 2.45) is 5.73 Å². The summed E-state index contributed by atoms with van der Waals surface area (Å²) in [5.41, 5.74) is 6.50. The molecule has 0 aliphatic carbocycles. The van der Waals surface area contributed by atoms with E-state index in [0.29, 0.717) is 25.2 Å². The van der Waals surface area contributed by atoms with Crippen LogP contribution in [0.2, 0.25) is 0 Å². The quantitative estimate of drug-likeness (QED) is 0.696. The van der Waals surface area contributed by atoms with Gasteiger partial charge in [0, 0.05) is 37.4 Å². The number of hydrogen-bond donors (Lipinski definition) is 3. The van der Waals surface area contributed by atoms with Crippen LogP contribution < -0.4 is 16.4 Å². The number of hydrogen-bond acceptors (Lipinski definition) is 3. The molecule has 1 aliphatic heterocycles. The zero-order chi connectivity index (χ0) is 13.0. The normalized spacial score (nSPS) is 14.4. The van der Waals surface area contributed by atoms with E-state index in [1.165, 1.54) is 0 Å². The van der Waals surface area contributed by atoms with Crippen molar-refractivity contribution in [2.75, 3.05) is 31.5 Å². The minimum atomic E-state index is -0.447. The molecule has 1 aromatic carbocycles. The van der Waals surface area contributed by atoms with Gasteiger partial charge >= 0.3 is 6.03 Å². The first-order valence-electron chi connectivity index (χ1n) is 5.83. The number of carbonyl (C=O) groups is 2. The van der Waals surface area contributed by atoms with Crippen molar-refractivity contribution in [3.05, 3.63) is 29.8 Å². The van der Waals surface area contributed by atoms with Gasteiger partial charge in [0.2, 0.25) is 5.91 Å². The van der Waals surface area contributed by atoms with Gasteiger partial charge in [-0.2, -0.15) is 0 Å². The Balaban J connectivity index is 1.84. The maximum Gasteiger partial charge on any atom is 0.317 e. The molecule has 0 atom stereocenters. The number of primary amides is 1. The van der Waals surface area contributed by atoms with E-state index in [9.17, 15) is 9.59 Å². The van der Waals surface area contributed by atoms with Crippen molar-refractivity contribution in [2.45, 2.75) is 0 Å². The van der Waals surface area contributed by atoms with Crippen LogP contribution in [-0.4, -0.2) is 43.0 Å². The number of amides is 3. The average Bonchev–Trinajstić information content (AvgIpc) is 2.76. The predicted octanol–water partition coefficient (Wildman–Crippen LogP) is 0.223. The summed E-state index contributed by atoms with van der Waals surface area (Å²) < 4.78 is 0. The zero-order valence-electron chi connectivity index (χ0n) is 9.98. The van der Waals surface area contributed by atoms with Gasteiger partial charge < -0.3 is 21.3 Å². The maximum absolute atomic E-state index is 11.3. The molecular formula is C12H16N4O2. The first-order chi connectivity index (χ1) is 8.66. The lowest BCUT2D eigenvalue weighted by Gasteiger charge is -2.15. The van der Waals surface area contributed by atoms with Gasteiger partial charge in [-0.15, -0.1) is 0 Å². The summed E-state index contributed by atoms with van der Waals surface area (Å²) in [4.78, 5) is 24.0. The zero-order valence-corrected chi connectivity index (χ0v) is 9.98. The van der Waals surface area contributed by atoms with E-state index >= 15 is 0 Å². The summed E-state index contributed by atoms with van der Waals surface area (Å²) in [5, 5.41) is 5.90. The molecule has 0 unspecified atom stereocenters. The first kappa shape index (κ1) is 12.2. The highest BCUT2D eigenvalue weighted by molar-refractivity contribution is 5.93. The monoisotopic (exact) mass is 248 g/mol. The van der Waals surface area contributed by atoms with Crippen LogP contribution >= 0.6 is 0 Å². The lowest BCUT2D eigenvalue weighted by atomic mass is 10.2. The standard InChI is InChI=1S/C12H16N4O2/c13-11(17)9-2-1-3-10(8-9)14-4-6-16-7-5-15-12(16)18/h1-3,8,14H,4-7H2,(H2,13,17)(H,15,18). The number of anilines is 1. The van der Waals surface area contributed by atoms with Gasteiger partial charge in [0.25, 0.3) is 0 Å². The molecule has 1 aliphatic rings. The van der Waals surface area contributed by atoms with Gasteiger partial charge in [0.15, 0.2) is 0 Å². The van der Waals surface area contributed by atoms with Gasteiger partial charge in [-0.1, -0.05) is 6.07 Å². The third-order valence-corrected chi connectivity index (χ3v) is 2.80. The average molecular weight is 248 g/mol. The third-order valence-electron chi connectivity index (χ3n) is 2.80. The van der Waals surface area contributed by atoms with Crippen molar-refractivity contribution in [1.29, 1.82) is 0 Å². The summed E-state index contributed by atoms with van der Waals surface area (Å²) in [6.07, 6.45) is 0. The molecule has 1 saturated heterocycles. The van der Waals surface area contributed by atoms with Gasteiger partial charge in [-0.25, -0.2) is 4.79 Å². The molecule has 1 aromatic rings. The van der Waals surface area contributed by atoms with Crippen LogP contribution in [0.5, 0.6) is 0 Å². The minimum Gasteiger partial charge on any atom is -0.383 e. The molecule has 1 fully saturated rings. The van der Waals surface area contributed by atoms with E-state index in [0.717, 1.165) is 12.2 Å². The topological polar surface area (TPSA) is 87.5 Å². The van der Waals surface area contributed by atoms with Crippen molar-refractivity contribution in [3.8, 4) is 0 Å². The molecule has 3 amide bonds. The van der Waals surface area contributed by atoms with Crippen LogP contribution in [0.3, 0.4) is 0 Å². The van der Waals surface area contributed by atoms with Gasteiger partial charge in [0.1, 0.15) is 0 Å². The molecule has 6 nitrogen and oxygen atoms in total. The SMILES string of the molecule is NC(=O)c1cccc(NCCN2CCNC2=O)c1. The lowest BCUT2D eigenvalue weighted by molar-refractivity contribution is 0.100. The van der Waals surface area contributed by atoms with E-state index in [2.05, 4.69) is 10.6 Å². The summed E-state index contributed by atoms with van der Waals surface area (Å²) in [5.74, 6) is -0.447. The Labute approximate surface area is 105 Å². The second-order valence-electron chi connectivity index (χ2n) is 4.09. The Hall–Kier alpha value is -2.24. The lowest BCUT2D eigenvalue weighted by Crippen LogP contribution is -2.32. The van der Waals surface area contributed by atoms with Crippen molar-refractivity contribution in [1.82, 2.24) is 10.2 Å². The van der Waals surface area contributed by atoms with Gasteiger partial charge in [0.05, 0.1) is 0 Å². The number of nitrogens with one attached hydrogen (secondary N) is 2. The van der Waals surface area contributed by atoms with Crippen LogP contribution in [-0.2, 0) is 0 Å². The fourth-order valence-corrected chi connectivity index (χ4v) is 1.84. The van der Waals surface area contributed by atoms with Gasteiger partial charge in [-0.05, 0) is 18.2 Å². The Kier molecular flexibility index (Phi) is 3.66. The van der Waals surface area contributed by atoms with E-state index in [4.69, 9.17) is 5.73 Å². The molecule has 0 saturated carbocycles. The van der Waals surface area contributed by atoms with E-state index < -0.39 is 5.91 Å². The second-order valence-corrected chi connectivity index (χ2v) is 4.09. The predicted molar refractivity (Wildman–Crippen MR) is 68.4 cm³/mol. The number of urea groups is 1. The molecule has 18 heavy (non-hydrogen) atoms. The highest BCUT2D eigenvalue weighted by Crippen LogP contribution is 2.09. The summed E-state index contributed by atoms with van der Waals surface area (Å²) in [6, 6.07) is 6.97. The summed E-state index contributed by atoms with van der Waals surface area (Å²) in [7, 11) is 0. The van der Waals surface area contributed by atoms with Crippen molar-refractivity contribution >= 4 is 17.6 Å². The highest BCUT2D eigenvalue weighted by Gasteiger charge is 2.18. The Bertz CT molecular complexity index is 461. The van der Waals surface area contributed by atoms with Crippen molar-refractivity contribution in [3.63, 3.8) is 0 Å². The van der Waals surface area contributed by atoms with Crippen LogP contribution in [0.1, 0.15) is 10.4 Å². The summed E-state index contributed by atoms with van der Waals surface area (Å²) in [6.45, 7) is 2.71. The molecule has 1 heterocycles. The molecular weight excluding hydrogens is 232 g/mol. The number of carbonyl (C=O) groups excluding carboxylic acids is 2. The molecule has 6 heteroatoms. The van der Waals surface area contributed by atoms with Gasteiger partial charge in [-0.3, -0.25) is 4.79 Å². The number of benzene rings is 1. The fourth-order valence-electron chi connectivity index (χ4n) is 1.84.